The number of hydrogen-bond donors (Lipinski definition) is 1. The van der Waals surface area contributed by atoms with Gasteiger partial charge < -0.3 is 5.73 Å². The van der Waals surface area contributed by atoms with E-state index in [1.807, 2.05) is 37.3 Å². The molecular formula is C21H18N4O2S. The molecule has 0 aliphatic carbocycles. The zero-order valence-electron chi connectivity index (χ0n) is 15.5. The first-order valence-electron chi connectivity index (χ1n) is 8.53. The van der Waals surface area contributed by atoms with E-state index in [9.17, 15) is 9.59 Å². The number of carbonyl (C=O) groups is 1. The van der Waals surface area contributed by atoms with Crippen molar-refractivity contribution in [2.24, 2.45) is 5.73 Å². The lowest BCUT2D eigenvalue weighted by Crippen LogP contribution is -2.22. The Labute approximate surface area is 166 Å². The van der Waals surface area contributed by atoms with Gasteiger partial charge in [-0.3, -0.25) is 14.2 Å². The number of rotatable bonds is 5. The van der Waals surface area contributed by atoms with Gasteiger partial charge >= 0.3 is 0 Å². The molecular weight excluding hydrogens is 372 g/mol. The number of nitriles is 1. The molecule has 7 heteroatoms. The van der Waals surface area contributed by atoms with Gasteiger partial charge in [-0.1, -0.05) is 41.6 Å². The van der Waals surface area contributed by atoms with Crippen molar-refractivity contribution in [3.8, 4) is 11.8 Å². The highest BCUT2D eigenvalue weighted by molar-refractivity contribution is 7.99. The molecule has 1 heterocycles. The minimum absolute atomic E-state index is 0.0475. The minimum Gasteiger partial charge on any atom is -0.401 e. The summed E-state index contributed by atoms with van der Waals surface area (Å²) in [7, 11) is 0. The molecule has 2 aromatic carbocycles. The van der Waals surface area contributed by atoms with Gasteiger partial charge in [0, 0.05) is 5.70 Å². The predicted octanol–water partition coefficient (Wildman–Crippen LogP) is 3.11. The number of thioether (sulfide) groups is 1. The molecule has 2 N–H and O–H groups in total. The topological polar surface area (TPSA) is 102 Å². The van der Waals surface area contributed by atoms with Crippen LogP contribution in [0, 0.1) is 18.3 Å². The Balaban J connectivity index is 2.10. The molecule has 0 spiro atoms. The number of nitrogens with zero attached hydrogens (tertiary/aromatic N) is 3. The van der Waals surface area contributed by atoms with E-state index in [1.54, 1.807) is 24.3 Å². The first kappa shape index (κ1) is 19.4. The summed E-state index contributed by atoms with van der Waals surface area (Å²) >= 11 is 1.11. The molecule has 0 bridgehead atoms. The van der Waals surface area contributed by atoms with Crippen LogP contribution in [0.25, 0.3) is 16.6 Å². The van der Waals surface area contributed by atoms with Crippen LogP contribution in [0.3, 0.4) is 0 Å². The van der Waals surface area contributed by atoms with Gasteiger partial charge in [-0.15, -0.1) is 0 Å². The Morgan fingerprint density at radius 1 is 1.21 bits per heavy atom. The van der Waals surface area contributed by atoms with Crippen molar-refractivity contribution in [3.05, 3.63) is 75.7 Å². The standard InChI is InChI=1S/C21H18N4O2S/c1-13-7-9-15(10-8-13)25-20(27)16-5-3-4-6-18(16)24-21(25)28-12-19(26)17(11-22)14(2)23/h3-10H,12,23H2,1-2H3. The van der Waals surface area contributed by atoms with Crippen molar-refractivity contribution in [1.29, 1.82) is 5.26 Å². The van der Waals surface area contributed by atoms with Gasteiger partial charge in [-0.25, -0.2) is 4.98 Å². The van der Waals surface area contributed by atoms with Gasteiger partial charge in [-0.2, -0.15) is 5.26 Å². The maximum Gasteiger partial charge on any atom is 0.266 e. The summed E-state index contributed by atoms with van der Waals surface area (Å²) in [4.78, 5) is 30.0. The average Bonchev–Trinajstić information content (AvgIpc) is 2.68. The fourth-order valence-corrected chi connectivity index (χ4v) is 3.59. The second-order valence-electron chi connectivity index (χ2n) is 6.27. The Kier molecular flexibility index (Phi) is 5.62. The van der Waals surface area contributed by atoms with E-state index in [4.69, 9.17) is 11.0 Å². The smallest absolute Gasteiger partial charge is 0.266 e. The maximum atomic E-state index is 13.1. The lowest BCUT2D eigenvalue weighted by Gasteiger charge is -2.13. The number of para-hydroxylation sites is 1. The minimum atomic E-state index is -0.398. The summed E-state index contributed by atoms with van der Waals surface area (Å²) < 4.78 is 1.49. The van der Waals surface area contributed by atoms with E-state index in [2.05, 4.69) is 4.98 Å². The summed E-state index contributed by atoms with van der Waals surface area (Å²) in [5.41, 5.74) is 7.78. The van der Waals surface area contributed by atoms with E-state index in [0.29, 0.717) is 21.7 Å². The van der Waals surface area contributed by atoms with Crippen LogP contribution >= 0.6 is 11.8 Å². The van der Waals surface area contributed by atoms with Crippen LogP contribution in [0.15, 0.2) is 69.8 Å². The second kappa shape index (κ2) is 8.11. The normalized spacial score (nSPS) is 11.8. The molecule has 0 atom stereocenters. The number of aromatic nitrogens is 2. The molecule has 3 aromatic rings. The fraction of sp³-hybridized carbons (Fsp3) is 0.143. The number of fused-ring (bicyclic) bond motifs is 1. The Bertz CT molecular complexity index is 1180. The van der Waals surface area contributed by atoms with Crippen molar-refractivity contribution in [1.82, 2.24) is 9.55 Å². The van der Waals surface area contributed by atoms with Crippen LogP contribution in [0.1, 0.15) is 12.5 Å². The molecule has 28 heavy (non-hydrogen) atoms. The molecule has 0 unspecified atom stereocenters. The SMILES string of the molecule is CC(N)=C(C#N)C(=O)CSc1nc2ccccc2c(=O)n1-c1ccc(C)cc1. The number of aryl methyl sites for hydroxylation is 1. The van der Waals surface area contributed by atoms with Gasteiger partial charge in [0.1, 0.15) is 11.6 Å². The number of benzene rings is 2. The van der Waals surface area contributed by atoms with Crippen molar-refractivity contribution >= 4 is 28.4 Å². The third-order valence-corrected chi connectivity index (χ3v) is 5.09. The van der Waals surface area contributed by atoms with E-state index < -0.39 is 5.78 Å². The zero-order chi connectivity index (χ0) is 20.3. The number of nitrogens with two attached hydrogens (primary N) is 1. The van der Waals surface area contributed by atoms with Gasteiger partial charge in [0.25, 0.3) is 5.56 Å². The Morgan fingerprint density at radius 3 is 2.54 bits per heavy atom. The highest BCUT2D eigenvalue weighted by Crippen LogP contribution is 2.22. The zero-order valence-corrected chi connectivity index (χ0v) is 16.3. The Morgan fingerprint density at radius 2 is 1.89 bits per heavy atom. The van der Waals surface area contributed by atoms with Crippen molar-refractivity contribution in [2.45, 2.75) is 19.0 Å². The molecule has 0 aliphatic heterocycles. The summed E-state index contributed by atoms with van der Waals surface area (Å²) in [6.45, 7) is 3.47. The van der Waals surface area contributed by atoms with E-state index in [-0.39, 0.29) is 22.6 Å². The average molecular weight is 390 g/mol. The van der Waals surface area contributed by atoms with Gasteiger partial charge in [0.05, 0.1) is 22.3 Å². The molecule has 0 fully saturated rings. The van der Waals surface area contributed by atoms with Crippen molar-refractivity contribution in [2.75, 3.05) is 5.75 Å². The van der Waals surface area contributed by atoms with Crippen molar-refractivity contribution in [3.63, 3.8) is 0 Å². The van der Waals surface area contributed by atoms with Gasteiger partial charge in [-0.05, 0) is 38.1 Å². The second-order valence-corrected chi connectivity index (χ2v) is 7.21. The number of Topliss-reactive ketones (excluding diaryl/α,β-unsaturated/α-hetero) is 1. The van der Waals surface area contributed by atoms with Crippen LogP contribution in [0.2, 0.25) is 0 Å². The Hall–Kier alpha value is -3.37. The maximum absolute atomic E-state index is 13.1. The van der Waals surface area contributed by atoms with Crippen LogP contribution in [-0.4, -0.2) is 21.1 Å². The third-order valence-electron chi connectivity index (χ3n) is 4.15. The van der Waals surface area contributed by atoms with E-state index >= 15 is 0 Å². The molecule has 0 saturated heterocycles. The number of ketones is 1. The summed E-state index contributed by atoms with van der Waals surface area (Å²) in [5.74, 6) is -0.445. The highest BCUT2D eigenvalue weighted by atomic mass is 32.2. The molecule has 0 saturated carbocycles. The number of allylic oxidation sites excluding steroid dienone is 2. The first-order chi connectivity index (χ1) is 13.4. The molecule has 0 radical (unpaired) electrons. The number of carbonyl (C=O) groups excluding carboxylic acids is 1. The van der Waals surface area contributed by atoms with E-state index in [1.165, 1.54) is 11.5 Å². The van der Waals surface area contributed by atoms with Crippen LogP contribution in [0.4, 0.5) is 0 Å². The molecule has 1 aromatic heterocycles. The van der Waals surface area contributed by atoms with E-state index in [0.717, 1.165) is 17.3 Å². The largest absolute Gasteiger partial charge is 0.401 e. The van der Waals surface area contributed by atoms with Crippen LogP contribution < -0.4 is 11.3 Å². The monoisotopic (exact) mass is 390 g/mol. The van der Waals surface area contributed by atoms with Gasteiger partial charge in [0.15, 0.2) is 10.9 Å². The lowest BCUT2D eigenvalue weighted by atomic mass is 10.2. The first-order valence-corrected chi connectivity index (χ1v) is 9.52. The molecule has 6 nitrogen and oxygen atoms in total. The molecule has 0 amide bonds. The van der Waals surface area contributed by atoms with Crippen LogP contribution in [0.5, 0.6) is 0 Å². The summed E-state index contributed by atoms with van der Waals surface area (Å²) in [5, 5.41) is 10.00. The highest BCUT2D eigenvalue weighted by Gasteiger charge is 2.17. The lowest BCUT2D eigenvalue weighted by molar-refractivity contribution is -0.112. The molecule has 3 rings (SSSR count). The molecule has 0 aliphatic rings. The molecule has 140 valence electrons. The fourth-order valence-electron chi connectivity index (χ4n) is 2.70. The van der Waals surface area contributed by atoms with Crippen molar-refractivity contribution < 1.29 is 4.79 Å². The van der Waals surface area contributed by atoms with Crippen LogP contribution in [-0.2, 0) is 4.79 Å². The number of hydrogen-bond acceptors (Lipinski definition) is 6. The summed E-state index contributed by atoms with van der Waals surface area (Å²) in [6.07, 6.45) is 0. The summed E-state index contributed by atoms with van der Waals surface area (Å²) in [6, 6.07) is 16.4. The predicted molar refractivity (Wildman–Crippen MR) is 110 cm³/mol. The van der Waals surface area contributed by atoms with Gasteiger partial charge in [0.2, 0.25) is 0 Å². The quantitative estimate of drug-likeness (QED) is 0.311. The third kappa shape index (κ3) is 3.82.